The number of para-hydroxylation sites is 1. The van der Waals surface area contributed by atoms with Gasteiger partial charge in [-0.3, -0.25) is 14.5 Å². The van der Waals surface area contributed by atoms with Crippen molar-refractivity contribution in [3.63, 3.8) is 0 Å². The van der Waals surface area contributed by atoms with Crippen LogP contribution in [0, 0.1) is 0 Å². The van der Waals surface area contributed by atoms with E-state index in [2.05, 4.69) is 9.88 Å². The Morgan fingerprint density at radius 1 is 0.967 bits per heavy atom. The van der Waals surface area contributed by atoms with Crippen molar-refractivity contribution in [2.45, 2.75) is 0 Å². The monoisotopic (exact) mass is 407 g/mol. The lowest BCUT2D eigenvalue weighted by Gasteiger charge is -2.34. The van der Waals surface area contributed by atoms with Crippen LogP contribution in [0.4, 0.5) is 0 Å². The fourth-order valence-corrected chi connectivity index (χ4v) is 3.85. The first-order valence-corrected chi connectivity index (χ1v) is 9.93. The highest BCUT2D eigenvalue weighted by Crippen LogP contribution is 2.28. The minimum absolute atomic E-state index is 0.0430. The third-order valence-corrected chi connectivity index (χ3v) is 5.55. The highest BCUT2D eigenvalue weighted by atomic mass is 16.5. The van der Waals surface area contributed by atoms with Gasteiger partial charge in [0.15, 0.2) is 17.3 Å². The molecular weight excluding hydrogens is 382 g/mol. The van der Waals surface area contributed by atoms with Crippen LogP contribution in [0.1, 0.15) is 20.7 Å². The second-order valence-corrected chi connectivity index (χ2v) is 7.31. The molecular formula is C23H25N3O4. The average Bonchev–Trinajstić information content (AvgIpc) is 3.23. The number of aromatic nitrogens is 1. The van der Waals surface area contributed by atoms with E-state index >= 15 is 0 Å². The zero-order valence-electron chi connectivity index (χ0n) is 17.2. The summed E-state index contributed by atoms with van der Waals surface area (Å²) < 4.78 is 10.5. The number of nitrogens with zero attached hydrogens (tertiary/aromatic N) is 2. The van der Waals surface area contributed by atoms with E-state index in [0.717, 1.165) is 16.5 Å². The van der Waals surface area contributed by atoms with Crippen molar-refractivity contribution in [3.05, 3.63) is 59.8 Å². The number of H-pyrrole nitrogens is 1. The van der Waals surface area contributed by atoms with E-state index < -0.39 is 0 Å². The van der Waals surface area contributed by atoms with E-state index in [0.29, 0.717) is 49.8 Å². The number of benzene rings is 2. The quantitative estimate of drug-likeness (QED) is 0.636. The minimum Gasteiger partial charge on any atom is -0.493 e. The molecule has 1 saturated heterocycles. The van der Waals surface area contributed by atoms with Crippen molar-refractivity contribution in [2.75, 3.05) is 46.9 Å². The molecule has 7 nitrogen and oxygen atoms in total. The third kappa shape index (κ3) is 3.89. The molecule has 0 saturated carbocycles. The van der Waals surface area contributed by atoms with Crippen LogP contribution in [0.3, 0.4) is 0 Å². The number of carbonyl (C=O) groups excluding carboxylic acids is 2. The van der Waals surface area contributed by atoms with Crippen LogP contribution in [0.2, 0.25) is 0 Å². The Morgan fingerprint density at radius 2 is 1.70 bits per heavy atom. The van der Waals surface area contributed by atoms with Gasteiger partial charge in [-0.15, -0.1) is 0 Å². The maximum absolute atomic E-state index is 12.9. The van der Waals surface area contributed by atoms with E-state index in [1.165, 1.54) is 0 Å². The van der Waals surface area contributed by atoms with Gasteiger partial charge in [0.1, 0.15) is 0 Å². The zero-order valence-corrected chi connectivity index (χ0v) is 17.2. The summed E-state index contributed by atoms with van der Waals surface area (Å²) in [4.78, 5) is 32.7. The maximum atomic E-state index is 12.9. The number of piperazine rings is 1. The van der Waals surface area contributed by atoms with Gasteiger partial charge in [0.25, 0.3) is 5.91 Å². The molecule has 1 aliphatic heterocycles. The molecule has 7 heteroatoms. The maximum Gasteiger partial charge on any atom is 0.254 e. The fraction of sp³-hybridized carbons (Fsp3) is 0.304. The van der Waals surface area contributed by atoms with Crippen molar-refractivity contribution >= 4 is 22.6 Å². The van der Waals surface area contributed by atoms with Crippen molar-refractivity contribution in [1.82, 2.24) is 14.8 Å². The van der Waals surface area contributed by atoms with E-state index in [1.807, 2.05) is 29.2 Å². The summed E-state index contributed by atoms with van der Waals surface area (Å²) in [5.41, 5.74) is 2.25. The average molecular weight is 407 g/mol. The lowest BCUT2D eigenvalue weighted by Crippen LogP contribution is -2.49. The molecule has 1 amide bonds. The molecule has 1 fully saturated rings. The number of carbonyl (C=O) groups is 2. The van der Waals surface area contributed by atoms with Gasteiger partial charge in [-0.25, -0.2) is 0 Å². The van der Waals surface area contributed by atoms with Crippen molar-refractivity contribution in [1.29, 1.82) is 0 Å². The molecule has 0 aliphatic carbocycles. The van der Waals surface area contributed by atoms with Crippen LogP contribution < -0.4 is 9.47 Å². The summed E-state index contributed by atoms with van der Waals surface area (Å²) in [5.74, 6) is 1.17. The molecule has 0 bridgehead atoms. The number of nitrogens with one attached hydrogen (secondary N) is 1. The van der Waals surface area contributed by atoms with Gasteiger partial charge in [0.2, 0.25) is 0 Å². The highest BCUT2D eigenvalue weighted by Gasteiger charge is 2.25. The number of ketones is 1. The smallest absolute Gasteiger partial charge is 0.254 e. The predicted octanol–water partition coefficient (Wildman–Crippen LogP) is 2.83. The topological polar surface area (TPSA) is 74.9 Å². The lowest BCUT2D eigenvalue weighted by molar-refractivity contribution is 0.0624. The van der Waals surface area contributed by atoms with Gasteiger partial charge in [-0.2, -0.15) is 0 Å². The molecule has 0 atom stereocenters. The molecule has 0 spiro atoms. The number of Topliss-reactive ketones (excluding diaryl/α,β-unsaturated/α-hetero) is 1. The number of fused-ring (bicyclic) bond motifs is 1. The van der Waals surface area contributed by atoms with E-state index in [9.17, 15) is 9.59 Å². The molecule has 2 heterocycles. The molecule has 1 N–H and O–H groups in total. The van der Waals surface area contributed by atoms with Crippen molar-refractivity contribution in [3.8, 4) is 11.5 Å². The Kier molecular flexibility index (Phi) is 5.72. The van der Waals surface area contributed by atoms with Gasteiger partial charge in [-0.1, -0.05) is 18.2 Å². The van der Waals surface area contributed by atoms with Crippen molar-refractivity contribution in [2.24, 2.45) is 0 Å². The fourth-order valence-electron chi connectivity index (χ4n) is 3.85. The van der Waals surface area contributed by atoms with Gasteiger partial charge in [-0.05, 0) is 24.3 Å². The largest absolute Gasteiger partial charge is 0.493 e. The lowest BCUT2D eigenvalue weighted by atomic mass is 10.1. The number of aromatic amines is 1. The minimum atomic E-state index is -0.0430. The molecule has 156 valence electrons. The molecule has 1 aliphatic rings. The zero-order chi connectivity index (χ0) is 21.1. The molecule has 2 aromatic carbocycles. The summed E-state index contributed by atoms with van der Waals surface area (Å²) >= 11 is 0. The molecule has 0 radical (unpaired) electrons. The first-order chi connectivity index (χ1) is 14.6. The second kappa shape index (κ2) is 8.59. The van der Waals surface area contributed by atoms with Gasteiger partial charge >= 0.3 is 0 Å². The SMILES string of the molecule is COc1ccc(C(=O)N2CCN(CC(=O)c3c[nH]c4ccccc34)CC2)cc1OC. The van der Waals surface area contributed by atoms with Gasteiger partial charge < -0.3 is 19.4 Å². The molecule has 30 heavy (non-hydrogen) atoms. The predicted molar refractivity (Wildman–Crippen MR) is 115 cm³/mol. The Labute approximate surface area is 175 Å². The van der Waals surface area contributed by atoms with E-state index in [1.54, 1.807) is 38.6 Å². The summed E-state index contributed by atoms with van der Waals surface area (Å²) in [5, 5.41) is 0.949. The van der Waals surface area contributed by atoms with Crippen LogP contribution in [0.5, 0.6) is 11.5 Å². The van der Waals surface area contributed by atoms with Crippen LogP contribution in [0.25, 0.3) is 10.9 Å². The Balaban J connectivity index is 1.37. The Morgan fingerprint density at radius 3 is 2.43 bits per heavy atom. The highest BCUT2D eigenvalue weighted by molar-refractivity contribution is 6.08. The second-order valence-electron chi connectivity index (χ2n) is 7.31. The van der Waals surface area contributed by atoms with Crippen LogP contribution >= 0.6 is 0 Å². The standard InChI is InChI=1S/C23H25N3O4/c1-29-21-8-7-16(13-22(21)30-2)23(28)26-11-9-25(10-12-26)15-20(27)18-14-24-19-6-4-3-5-17(18)19/h3-8,13-14,24H,9-12,15H2,1-2H3. The third-order valence-electron chi connectivity index (χ3n) is 5.55. The van der Waals surface area contributed by atoms with Crippen LogP contribution in [-0.2, 0) is 0 Å². The first kappa shape index (κ1) is 20.0. The van der Waals surface area contributed by atoms with Crippen LogP contribution in [0.15, 0.2) is 48.7 Å². The number of ether oxygens (including phenoxy) is 2. The Hall–Kier alpha value is -3.32. The number of hydrogen-bond donors (Lipinski definition) is 1. The molecule has 4 rings (SSSR count). The number of amides is 1. The normalized spacial score (nSPS) is 14.7. The molecule has 0 unspecified atom stereocenters. The number of hydrogen-bond acceptors (Lipinski definition) is 5. The van der Waals surface area contributed by atoms with E-state index in [4.69, 9.17) is 9.47 Å². The van der Waals surface area contributed by atoms with Gasteiger partial charge in [0.05, 0.1) is 20.8 Å². The summed E-state index contributed by atoms with van der Waals surface area (Å²) in [6, 6.07) is 13.0. The summed E-state index contributed by atoms with van der Waals surface area (Å²) in [7, 11) is 3.12. The number of rotatable bonds is 6. The summed E-state index contributed by atoms with van der Waals surface area (Å²) in [6.07, 6.45) is 1.78. The van der Waals surface area contributed by atoms with Crippen LogP contribution in [-0.4, -0.2) is 73.4 Å². The summed E-state index contributed by atoms with van der Waals surface area (Å²) in [6.45, 7) is 2.82. The number of methoxy groups -OCH3 is 2. The first-order valence-electron chi connectivity index (χ1n) is 9.93. The Bertz CT molecular complexity index is 1070. The van der Waals surface area contributed by atoms with Crippen molar-refractivity contribution < 1.29 is 19.1 Å². The molecule has 1 aromatic heterocycles. The van der Waals surface area contributed by atoms with E-state index in [-0.39, 0.29) is 11.7 Å². The van der Waals surface area contributed by atoms with Gasteiger partial charge in [0, 0.05) is 54.4 Å². The molecule has 3 aromatic rings.